The molecule has 0 amide bonds. The molecule has 0 spiro atoms. The van der Waals surface area contributed by atoms with E-state index >= 15 is 0 Å². The zero-order valence-electron chi connectivity index (χ0n) is 5.34. The summed E-state index contributed by atoms with van der Waals surface area (Å²) >= 11 is -3.47. The summed E-state index contributed by atoms with van der Waals surface area (Å²) in [4.78, 5) is 0. The summed E-state index contributed by atoms with van der Waals surface area (Å²) in [6.07, 6.45) is 2.24. The molecule has 0 heterocycles. The summed E-state index contributed by atoms with van der Waals surface area (Å²) in [5.41, 5.74) is 0. The summed E-state index contributed by atoms with van der Waals surface area (Å²) in [7, 11) is 22.8. The first-order valence-electron chi connectivity index (χ1n) is 2.96. The first-order valence-corrected chi connectivity index (χ1v) is 21.5. The summed E-state index contributed by atoms with van der Waals surface area (Å²) in [6.45, 7) is 0. The molecule has 60 valence electrons. The van der Waals surface area contributed by atoms with Crippen LogP contribution in [-0.4, -0.2) is 35.0 Å². The molecule has 0 N–H and O–H groups in total. The van der Waals surface area contributed by atoms with Gasteiger partial charge in [-0.05, 0) is 0 Å². The molecule has 0 saturated heterocycles. The Bertz CT molecular complexity index is 81.8. The predicted octanol–water partition coefficient (Wildman–Crippen LogP) is 3.70. The first kappa shape index (κ1) is 12.8. The van der Waals surface area contributed by atoms with E-state index in [9.17, 15) is 0 Å². The molecule has 0 rings (SSSR count). The number of rotatable bonds is 5. The van der Waals surface area contributed by atoms with Gasteiger partial charge in [-0.15, -0.1) is 0 Å². The van der Waals surface area contributed by atoms with Gasteiger partial charge < -0.3 is 0 Å². The van der Waals surface area contributed by atoms with E-state index < -0.39 is 35.0 Å². The van der Waals surface area contributed by atoms with Crippen molar-refractivity contribution in [3.05, 3.63) is 0 Å². The van der Waals surface area contributed by atoms with Gasteiger partial charge in [0.1, 0.15) is 0 Å². The maximum absolute atomic E-state index is 5.73. The SMILES string of the molecule is [Cl][Sn][CH2]CC[CH2][Sn]([Cl])([Cl])[Cl]. The van der Waals surface area contributed by atoms with Gasteiger partial charge in [0, 0.05) is 0 Å². The van der Waals surface area contributed by atoms with Gasteiger partial charge >= 0.3 is 92.4 Å². The van der Waals surface area contributed by atoms with E-state index in [1.54, 1.807) is 0 Å². The molecule has 0 nitrogen and oxygen atoms in total. The van der Waals surface area contributed by atoms with Crippen molar-refractivity contribution in [2.45, 2.75) is 21.7 Å². The fraction of sp³-hybridized carbons (Fsp3) is 1.00. The summed E-state index contributed by atoms with van der Waals surface area (Å²) in [6, 6.07) is 0. The molecule has 0 fully saturated rings. The molecule has 0 aromatic heterocycles. The van der Waals surface area contributed by atoms with Crippen LogP contribution in [0.1, 0.15) is 12.8 Å². The Morgan fingerprint density at radius 1 is 1.10 bits per heavy atom. The van der Waals surface area contributed by atoms with Gasteiger partial charge in [-0.25, -0.2) is 0 Å². The fourth-order valence-corrected chi connectivity index (χ4v) is 7.06. The van der Waals surface area contributed by atoms with Crippen LogP contribution in [0.3, 0.4) is 0 Å². The zero-order valence-corrected chi connectivity index (χ0v) is 14.1. The van der Waals surface area contributed by atoms with Gasteiger partial charge in [0.15, 0.2) is 0 Å². The van der Waals surface area contributed by atoms with Crippen LogP contribution in [0.5, 0.6) is 0 Å². The predicted molar refractivity (Wildman–Crippen MR) is 53.8 cm³/mol. The van der Waals surface area contributed by atoms with Gasteiger partial charge in [0.2, 0.25) is 0 Å². The third kappa shape index (κ3) is 10.8. The molecule has 10 heavy (non-hydrogen) atoms. The first-order chi connectivity index (χ1) is 4.56. The number of hydrogen-bond acceptors (Lipinski definition) is 0. The maximum atomic E-state index is 5.73. The van der Waals surface area contributed by atoms with Crippen LogP contribution in [-0.2, 0) is 0 Å². The van der Waals surface area contributed by atoms with Crippen LogP contribution in [0.15, 0.2) is 0 Å². The monoisotopic (exact) mass is 436 g/mol. The molecular formula is C4H8Cl4Sn2. The Morgan fingerprint density at radius 3 is 2.10 bits per heavy atom. The Morgan fingerprint density at radius 2 is 1.70 bits per heavy atom. The Balaban J connectivity index is 3.04. The second-order valence-electron chi connectivity index (χ2n) is 1.96. The van der Waals surface area contributed by atoms with Crippen LogP contribution < -0.4 is 0 Å². The van der Waals surface area contributed by atoms with E-state index in [0.717, 1.165) is 10.9 Å². The molecule has 0 bridgehead atoms. The number of hydrogen-bond donors (Lipinski definition) is 0. The van der Waals surface area contributed by atoms with E-state index in [0.29, 0.717) is 0 Å². The normalized spacial score (nSPS) is 12.0. The van der Waals surface area contributed by atoms with Crippen LogP contribution in [0.25, 0.3) is 0 Å². The van der Waals surface area contributed by atoms with E-state index in [4.69, 9.17) is 35.7 Å². The van der Waals surface area contributed by atoms with Gasteiger partial charge in [0.25, 0.3) is 0 Å². The molecule has 0 aliphatic heterocycles. The minimum absolute atomic E-state index is 0.508. The molecule has 6 heteroatoms. The molecule has 0 atom stereocenters. The third-order valence-corrected chi connectivity index (χ3v) is 10.2. The summed E-state index contributed by atoms with van der Waals surface area (Å²) in [5.74, 6) is 0. The molecule has 0 saturated carbocycles. The quantitative estimate of drug-likeness (QED) is 0.457. The van der Waals surface area contributed by atoms with Crippen molar-refractivity contribution >= 4 is 70.7 Å². The fourth-order valence-electron chi connectivity index (χ4n) is 0.517. The van der Waals surface area contributed by atoms with Gasteiger partial charge in [-0.2, -0.15) is 0 Å². The number of halogens is 4. The molecule has 0 aromatic carbocycles. The van der Waals surface area contributed by atoms with Crippen molar-refractivity contribution in [2.75, 3.05) is 0 Å². The molecule has 0 unspecified atom stereocenters. The molecule has 2 radical (unpaired) electrons. The van der Waals surface area contributed by atoms with Crippen molar-refractivity contribution in [2.24, 2.45) is 0 Å². The topological polar surface area (TPSA) is 0 Å². The van der Waals surface area contributed by atoms with Crippen LogP contribution in [0, 0.1) is 0 Å². The second kappa shape index (κ2) is 7.19. The zero-order chi connectivity index (χ0) is 8.04. The van der Waals surface area contributed by atoms with Gasteiger partial charge in [0.05, 0.1) is 0 Å². The van der Waals surface area contributed by atoms with E-state index in [1.807, 2.05) is 0 Å². The standard InChI is InChI=1S/C4H8.4ClH.2Sn/c1-3-4-2;;;;;;/h1-4H2;4*1H;;/q;;;;;+1;+3/p-4. The third-order valence-electron chi connectivity index (χ3n) is 0.982. The van der Waals surface area contributed by atoms with E-state index in [1.165, 1.54) is 10.9 Å². The summed E-state index contributed by atoms with van der Waals surface area (Å²) in [5, 5.41) is 0. The van der Waals surface area contributed by atoms with Crippen molar-refractivity contribution in [3.63, 3.8) is 0 Å². The molecule has 0 aliphatic rings. The van der Waals surface area contributed by atoms with Crippen LogP contribution >= 0.6 is 35.7 Å². The average Bonchev–Trinajstić information content (AvgIpc) is 1.78. The number of unbranched alkanes of at least 4 members (excludes halogenated alkanes) is 1. The van der Waals surface area contributed by atoms with Crippen LogP contribution in [0.2, 0.25) is 8.87 Å². The Labute approximate surface area is 90.9 Å². The summed E-state index contributed by atoms with van der Waals surface area (Å²) < 4.78 is 2.06. The average molecular weight is 435 g/mol. The van der Waals surface area contributed by atoms with Gasteiger partial charge in [-0.3, -0.25) is 0 Å². The van der Waals surface area contributed by atoms with Crippen molar-refractivity contribution in [1.82, 2.24) is 0 Å². The van der Waals surface area contributed by atoms with Crippen LogP contribution in [0.4, 0.5) is 0 Å². The minimum atomic E-state index is -2.96. The Hall–Kier alpha value is 2.76. The van der Waals surface area contributed by atoms with E-state index in [2.05, 4.69) is 0 Å². The van der Waals surface area contributed by atoms with E-state index in [-0.39, 0.29) is 0 Å². The molecular weight excluding hydrogens is 427 g/mol. The van der Waals surface area contributed by atoms with Crippen molar-refractivity contribution < 1.29 is 0 Å². The Kier molecular flexibility index (Phi) is 9.17. The molecule has 0 aromatic rings. The second-order valence-corrected chi connectivity index (χ2v) is 27.8. The molecule has 0 aliphatic carbocycles. The van der Waals surface area contributed by atoms with Gasteiger partial charge in [-0.1, -0.05) is 0 Å². The van der Waals surface area contributed by atoms with Crippen molar-refractivity contribution in [1.29, 1.82) is 0 Å². The van der Waals surface area contributed by atoms with Crippen molar-refractivity contribution in [3.8, 4) is 0 Å².